The second-order valence-corrected chi connectivity index (χ2v) is 4.99. The molecule has 0 aromatic rings. The van der Waals surface area contributed by atoms with Crippen LogP contribution in [0.3, 0.4) is 0 Å². The van der Waals surface area contributed by atoms with Crippen LogP contribution in [0.1, 0.15) is 12.8 Å². The third-order valence-corrected chi connectivity index (χ3v) is 3.72. The minimum atomic E-state index is 0.122. The van der Waals surface area contributed by atoms with E-state index < -0.39 is 0 Å². The van der Waals surface area contributed by atoms with Gasteiger partial charge in [0.1, 0.15) is 0 Å². The summed E-state index contributed by atoms with van der Waals surface area (Å²) in [4.78, 5) is 13.4. The summed E-state index contributed by atoms with van der Waals surface area (Å²) in [5.41, 5.74) is 0.122. The summed E-state index contributed by atoms with van der Waals surface area (Å²) in [6.07, 6.45) is 3.48. The van der Waals surface area contributed by atoms with Gasteiger partial charge in [0.2, 0.25) is 5.91 Å². The Morgan fingerprint density at radius 3 is 3.19 bits per heavy atom. The van der Waals surface area contributed by atoms with Crippen molar-refractivity contribution >= 4 is 23.2 Å². The fourth-order valence-corrected chi connectivity index (χ4v) is 2.66. The molecular formula is C11H17N3OS. The van der Waals surface area contributed by atoms with E-state index in [-0.39, 0.29) is 11.3 Å². The molecule has 4 nitrogen and oxygen atoms in total. The molecule has 0 radical (unpaired) electrons. The van der Waals surface area contributed by atoms with Crippen molar-refractivity contribution in [3.63, 3.8) is 0 Å². The minimum absolute atomic E-state index is 0.122. The first kappa shape index (κ1) is 11.4. The van der Waals surface area contributed by atoms with E-state index in [9.17, 15) is 4.79 Å². The number of carbonyl (C=O) groups excluding carboxylic acids is 1. The zero-order valence-corrected chi connectivity index (χ0v) is 10.1. The highest BCUT2D eigenvalue weighted by atomic mass is 32.1. The highest BCUT2D eigenvalue weighted by Gasteiger charge is 2.44. The molecule has 16 heavy (non-hydrogen) atoms. The van der Waals surface area contributed by atoms with E-state index in [1.165, 1.54) is 0 Å². The molecule has 1 spiro atoms. The molecule has 88 valence electrons. The lowest BCUT2D eigenvalue weighted by atomic mass is 9.86. The summed E-state index contributed by atoms with van der Waals surface area (Å²) in [5.74, 6) is 0.173. The van der Waals surface area contributed by atoms with Gasteiger partial charge >= 0.3 is 0 Å². The van der Waals surface area contributed by atoms with Crippen LogP contribution in [0.5, 0.6) is 0 Å². The standard InChI is InChI=1S/C11H17N3OS/c1-2-4-12-10(16)14-5-3-11(8-14)6-9(15)13-7-11/h2H,1,3-8H2,(H,12,16)(H,13,15). The normalized spacial score (nSPS) is 28.2. The molecule has 0 aromatic carbocycles. The fourth-order valence-electron chi connectivity index (χ4n) is 2.42. The molecule has 0 aliphatic carbocycles. The Kier molecular flexibility index (Phi) is 3.14. The highest BCUT2D eigenvalue weighted by Crippen LogP contribution is 2.36. The lowest BCUT2D eigenvalue weighted by Gasteiger charge is -2.23. The number of carbonyl (C=O) groups is 1. The Morgan fingerprint density at radius 2 is 2.56 bits per heavy atom. The number of thiocarbonyl (C=S) groups is 1. The Bertz CT molecular complexity index is 331. The van der Waals surface area contributed by atoms with Crippen LogP contribution in [0.2, 0.25) is 0 Å². The van der Waals surface area contributed by atoms with Crippen LogP contribution in [-0.4, -0.2) is 42.1 Å². The van der Waals surface area contributed by atoms with Gasteiger partial charge in [-0.1, -0.05) is 6.08 Å². The molecule has 2 aliphatic rings. The average Bonchev–Trinajstić information content (AvgIpc) is 2.83. The second kappa shape index (κ2) is 4.41. The maximum Gasteiger partial charge on any atom is 0.220 e. The zero-order valence-electron chi connectivity index (χ0n) is 9.29. The lowest BCUT2D eigenvalue weighted by molar-refractivity contribution is -0.119. The molecule has 2 saturated heterocycles. The number of nitrogens with one attached hydrogen (secondary N) is 2. The largest absolute Gasteiger partial charge is 0.359 e. The van der Waals surface area contributed by atoms with Crippen molar-refractivity contribution in [2.24, 2.45) is 5.41 Å². The van der Waals surface area contributed by atoms with Crippen LogP contribution in [0.25, 0.3) is 0 Å². The van der Waals surface area contributed by atoms with E-state index in [2.05, 4.69) is 22.1 Å². The molecule has 2 heterocycles. The minimum Gasteiger partial charge on any atom is -0.359 e. The first-order chi connectivity index (χ1) is 7.65. The van der Waals surface area contributed by atoms with Crippen LogP contribution in [0, 0.1) is 5.41 Å². The molecule has 1 unspecified atom stereocenters. The maximum atomic E-state index is 11.3. The van der Waals surface area contributed by atoms with Crippen molar-refractivity contribution in [2.75, 3.05) is 26.2 Å². The number of rotatable bonds is 2. The molecule has 0 saturated carbocycles. The molecule has 2 rings (SSSR count). The van der Waals surface area contributed by atoms with E-state index in [4.69, 9.17) is 12.2 Å². The molecule has 2 aliphatic heterocycles. The zero-order chi connectivity index (χ0) is 11.6. The van der Waals surface area contributed by atoms with E-state index in [0.717, 1.165) is 31.2 Å². The number of nitrogens with zero attached hydrogens (tertiary/aromatic N) is 1. The van der Waals surface area contributed by atoms with Crippen LogP contribution < -0.4 is 10.6 Å². The van der Waals surface area contributed by atoms with Crippen molar-refractivity contribution in [1.82, 2.24) is 15.5 Å². The number of likely N-dealkylation sites (tertiary alicyclic amines) is 1. The van der Waals surface area contributed by atoms with Gasteiger partial charge in [-0.2, -0.15) is 0 Å². The van der Waals surface area contributed by atoms with Gasteiger partial charge in [-0.25, -0.2) is 0 Å². The predicted octanol–water partition coefficient (Wildman–Crippen LogP) is 0.259. The van der Waals surface area contributed by atoms with Crippen LogP contribution in [0.15, 0.2) is 12.7 Å². The van der Waals surface area contributed by atoms with E-state index in [0.29, 0.717) is 13.0 Å². The smallest absolute Gasteiger partial charge is 0.220 e. The summed E-state index contributed by atoms with van der Waals surface area (Å²) in [6, 6.07) is 0. The first-order valence-corrected chi connectivity index (χ1v) is 5.96. The monoisotopic (exact) mass is 239 g/mol. The van der Waals surface area contributed by atoms with Gasteiger partial charge in [0, 0.05) is 38.0 Å². The molecular weight excluding hydrogens is 222 g/mol. The summed E-state index contributed by atoms with van der Waals surface area (Å²) < 4.78 is 0. The van der Waals surface area contributed by atoms with Gasteiger partial charge < -0.3 is 15.5 Å². The van der Waals surface area contributed by atoms with Gasteiger partial charge in [0.05, 0.1) is 0 Å². The highest BCUT2D eigenvalue weighted by molar-refractivity contribution is 7.80. The van der Waals surface area contributed by atoms with Crippen molar-refractivity contribution in [1.29, 1.82) is 0 Å². The second-order valence-electron chi connectivity index (χ2n) is 4.60. The molecule has 0 bridgehead atoms. The average molecular weight is 239 g/mol. The number of hydrogen-bond acceptors (Lipinski definition) is 2. The van der Waals surface area contributed by atoms with Crippen molar-refractivity contribution in [2.45, 2.75) is 12.8 Å². The Hall–Kier alpha value is -1.10. The van der Waals surface area contributed by atoms with Crippen molar-refractivity contribution in [3.05, 3.63) is 12.7 Å². The summed E-state index contributed by atoms with van der Waals surface area (Å²) in [5, 5.41) is 6.81. The molecule has 2 N–H and O–H groups in total. The van der Waals surface area contributed by atoms with Crippen molar-refractivity contribution < 1.29 is 4.79 Å². The predicted molar refractivity (Wildman–Crippen MR) is 67.0 cm³/mol. The maximum absolute atomic E-state index is 11.3. The molecule has 0 aromatic heterocycles. The number of hydrogen-bond donors (Lipinski definition) is 2. The van der Waals surface area contributed by atoms with E-state index in [1.807, 2.05) is 0 Å². The Labute approximate surface area is 101 Å². The van der Waals surface area contributed by atoms with Crippen LogP contribution >= 0.6 is 12.2 Å². The third kappa shape index (κ3) is 2.19. The first-order valence-electron chi connectivity index (χ1n) is 5.56. The van der Waals surface area contributed by atoms with Crippen LogP contribution in [0.4, 0.5) is 0 Å². The SMILES string of the molecule is C=CCNC(=S)N1CCC2(CNC(=O)C2)C1. The summed E-state index contributed by atoms with van der Waals surface area (Å²) >= 11 is 5.29. The Morgan fingerprint density at radius 1 is 1.75 bits per heavy atom. The summed E-state index contributed by atoms with van der Waals surface area (Å²) in [6.45, 7) is 6.96. The van der Waals surface area contributed by atoms with Crippen LogP contribution in [-0.2, 0) is 4.79 Å². The van der Waals surface area contributed by atoms with Gasteiger partial charge in [-0.05, 0) is 18.6 Å². The van der Waals surface area contributed by atoms with E-state index in [1.54, 1.807) is 6.08 Å². The number of amides is 1. The lowest BCUT2D eigenvalue weighted by Crippen LogP contribution is -2.40. The quantitative estimate of drug-likeness (QED) is 0.536. The topological polar surface area (TPSA) is 44.4 Å². The van der Waals surface area contributed by atoms with Gasteiger partial charge in [-0.3, -0.25) is 4.79 Å². The molecule has 5 heteroatoms. The van der Waals surface area contributed by atoms with Gasteiger partial charge in [0.15, 0.2) is 5.11 Å². The third-order valence-electron chi connectivity index (χ3n) is 3.32. The fraction of sp³-hybridized carbons (Fsp3) is 0.636. The van der Waals surface area contributed by atoms with Gasteiger partial charge in [-0.15, -0.1) is 6.58 Å². The van der Waals surface area contributed by atoms with E-state index >= 15 is 0 Å². The van der Waals surface area contributed by atoms with Gasteiger partial charge in [0.25, 0.3) is 0 Å². The molecule has 2 fully saturated rings. The molecule has 1 atom stereocenters. The molecule has 1 amide bonds. The summed E-state index contributed by atoms with van der Waals surface area (Å²) in [7, 11) is 0. The Balaban J connectivity index is 1.90. The van der Waals surface area contributed by atoms with Crippen molar-refractivity contribution in [3.8, 4) is 0 Å².